The number of aromatic hydroxyl groups is 1. The summed E-state index contributed by atoms with van der Waals surface area (Å²) in [5.41, 5.74) is -0.168. The van der Waals surface area contributed by atoms with E-state index in [4.69, 9.17) is 16.1 Å². The average Bonchev–Trinajstić information content (AvgIpc) is 3.69. The van der Waals surface area contributed by atoms with Crippen LogP contribution in [0, 0.1) is 24.0 Å². The van der Waals surface area contributed by atoms with Crippen molar-refractivity contribution < 1.29 is 32.9 Å². The third-order valence-corrected chi connectivity index (χ3v) is 10.9. The first-order valence-corrected chi connectivity index (χ1v) is 16.4. The number of hydrogen-bond donors (Lipinski definition) is 2. The van der Waals surface area contributed by atoms with Crippen molar-refractivity contribution in [1.29, 1.82) is 0 Å². The number of rotatable bonds is 6. The molecule has 4 fully saturated rings. The summed E-state index contributed by atoms with van der Waals surface area (Å²) in [7, 11) is 0. The summed E-state index contributed by atoms with van der Waals surface area (Å²) >= 11 is 0. The van der Waals surface area contributed by atoms with Gasteiger partial charge in [0.2, 0.25) is 5.91 Å². The zero-order valence-corrected chi connectivity index (χ0v) is 26.1. The van der Waals surface area contributed by atoms with Gasteiger partial charge in [-0.1, -0.05) is 12.0 Å². The highest BCUT2D eigenvalue weighted by Crippen LogP contribution is 2.46. The molecule has 248 valence electrons. The summed E-state index contributed by atoms with van der Waals surface area (Å²) < 4.78 is 52.5. The maximum absolute atomic E-state index is 16.9. The number of pyridine rings is 1. The minimum Gasteiger partial charge on any atom is -0.508 e. The van der Waals surface area contributed by atoms with Crippen LogP contribution in [0.5, 0.6) is 11.8 Å². The molecule has 0 saturated carbocycles. The Balaban J connectivity index is 1.26. The number of nitrogens with zero attached hydrogens (tertiary/aromatic N) is 5. The zero-order valence-electron chi connectivity index (χ0n) is 26.1. The quantitative estimate of drug-likeness (QED) is 0.279. The van der Waals surface area contributed by atoms with Crippen LogP contribution in [0.25, 0.3) is 32.9 Å². The minimum absolute atomic E-state index is 0.0468. The Morgan fingerprint density at radius 3 is 2.71 bits per heavy atom. The van der Waals surface area contributed by atoms with E-state index in [1.807, 2.05) is 0 Å². The van der Waals surface area contributed by atoms with E-state index < -0.39 is 30.0 Å². The Kier molecular flexibility index (Phi) is 7.45. The molecule has 0 spiro atoms. The molecule has 2 bridgehead atoms. The number of terminal acetylenes is 1. The summed E-state index contributed by atoms with van der Waals surface area (Å²) in [4.78, 5) is 30.3. The molecular formula is C36H34F3N5O4. The van der Waals surface area contributed by atoms with E-state index in [9.17, 15) is 23.8 Å². The number of fused-ring (bicyclic) bond motifs is 5. The Morgan fingerprint density at radius 1 is 1.17 bits per heavy atom. The van der Waals surface area contributed by atoms with E-state index in [0.717, 1.165) is 32.2 Å². The summed E-state index contributed by atoms with van der Waals surface area (Å²) in [5, 5.41) is 21.1. The molecule has 8 rings (SSSR count). The molecule has 4 aliphatic rings. The first-order chi connectivity index (χ1) is 23.2. The fraction of sp³-hybridized carbons (Fsp3) is 0.444. The van der Waals surface area contributed by atoms with Crippen LogP contribution in [0.15, 0.2) is 30.5 Å². The van der Waals surface area contributed by atoms with E-state index in [0.29, 0.717) is 42.3 Å². The highest BCUT2D eigenvalue weighted by Gasteiger charge is 2.50. The average molecular weight is 658 g/mol. The van der Waals surface area contributed by atoms with Crippen molar-refractivity contribution in [2.45, 2.75) is 74.7 Å². The number of aliphatic hydroxyl groups is 1. The normalized spacial score (nSPS) is 26.7. The lowest BCUT2D eigenvalue weighted by Gasteiger charge is -2.38. The van der Waals surface area contributed by atoms with Crippen molar-refractivity contribution in [3.05, 3.63) is 53.4 Å². The fourth-order valence-electron chi connectivity index (χ4n) is 8.91. The van der Waals surface area contributed by atoms with Gasteiger partial charge in [0, 0.05) is 53.5 Å². The second-order valence-electron chi connectivity index (χ2n) is 13.6. The van der Waals surface area contributed by atoms with Crippen molar-refractivity contribution >= 4 is 27.6 Å². The molecular weight excluding hydrogens is 623 g/mol. The second-order valence-corrected chi connectivity index (χ2v) is 13.6. The van der Waals surface area contributed by atoms with Crippen molar-refractivity contribution in [3.63, 3.8) is 0 Å². The number of aromatic nitrogens is 3. The SMILES string of the molecule is C#Cc1c(F)ccc2cc(O)cc(-c3ncc4c(C5CC6CCC(C5)N6C(=O)CO)nc(OC[C@@]56CCCN5C[C@H](F)C6)nc4c3F)c12. The van der Waals surface area contributed by atoms with E-state index in [1.54, 1.807) is 4.90 Å². The van der Waals surface area contributed by atoms with E-state index >= 15 is 4.39 Å². The predicted molar refractivity (Wildman–Crippen MR) is 171 cm³/mol. The molecule has 4 saturated heterocycles. The number of phenols is 1. The maximum Gasteiger partial charge on any atom is 0.317 e. The van der Waals surface area contributed by atoms with E-state index in [1.165, 1.54) is 30.5 Å². The molecule has 4 atom stereocenters. The number of hydrogen-bond acceptors (Lipinski definition) is 8. The molecule has 2 N–H and O–H groups in total. The molecule has 4 aromatic rings. The monoisotopic (exact) mass is 657 g/mol. The van der Waals surface area contributed by atoms with Crippen molar-refractivity contribution in [3.8, 4) is 35.4 Å². The van der Waals surface area contributed by atoms with E-state index in [2.05, 4.69) is 20.8 Å². The summed E-state index contributed by atoms with van der Waals surface area (Å²) in [6, 6.07) is 5.13. The van der Waals surface area contributed by atoms with Gasteiger partial charge in [-0.15, -0.1) is 6.42 Å². The van der Waals surface area contributed by atoms with Gasteiger partial charge in [-0.3, -0.25) is 14.7 Å². The van der Waals surface area contributed by atoms with Crippen LogP contribution in [0.1, 0.15) is 62.1 Å². The van der Waals surface area contributed by atoms with Gasteiger partial charge in [0.15, 0.2) is 5.82 Å². The van der Waals surface area contributed by atoms with Crippen LogP contribution in [0.3, 0.4) is 0 Å². The second kappa shape index (κ2) is 11.6. The van der Waals surface area contributed by atoms with Gasteiger partial charge in [0.25, 0.3) is 0 Å². The molecule has 4 aliphatic heterocycles. The minimum atomic E-state index is -0.954. The van der Waals surface area contributed by atoms with Gasteiger partial charge in [0.05, 0.1) is 16.8 Å². The number of aliphatic hydroxyl groups excluding tert-OH is 1. The molecule has 2 aromatic heterocycles. The van der Waals surface area contributed by atoms with Gasteiger partial charge < -0.3 is 19.8 Å². The fourth-order valence-corrected chi connectivity index (χ4v) is 8.91. The number of piperidine rings is 1. The molecule has 1 amide bonds. The molecule has 6 heterocycles. The highest BCUT2D eigenvalue weighted by atomic mass is 19.1. The van der Waals surface area contributed by atoms with Crippen LogP contribution in [0.2, 0.25) is 0 Å². The number of phenolic OH excluding ortho intramolecular Hbond substituents is 1. The molecule has 2 aromatic carbocycles. The third-order valence-electron chi connectivity index (χ3n) is 10.9. The first-order valence-electron chi connectivity index (χ1n) is 16.4. The molecule has 9 nitrogen and oxygen atoms in total. The van der Waals surface area contributed by atoms with Crippen LogP contribution >= 0.6 is 0 Å². The lowest BCUT2D eigenvalue weighted by molar-refractivity contribution is -0.138. The van der Waals surface area contributed by atoms with Crippen LogP contribution in [-0.4, -0.2) is 91.0 Å². The number of alkyl halides is 1. The number of carbonyl (C=O) groups excluding carboxylic acids is 1. The van der Waals surface area contributed by atoms with Crippen molar-refractivity contribution in [2.24, 2.45) is 0 Å². The number of benzene rings is 2. The zero-order chi connectivity index (χ0) is 33.3. The van der Waals surface area contributed by atoms with Crippen LogP contribution < -0.4 is 4.74 Å². The Labute approximate surface area is 274 Å². The largest absolute Gasteiger partial charge is 0.508 e. The third kappa shape index (κ3) is 4.86. The van der Waals surface area contributed by atoms with Crippen molar-refractivity contribution in [1.82, 2.24) is 24.8 Å². The lowest BCUT2D eigenvalue weighted by atomic mass is 9.86. The summed E-state index contributed by atoms with van der Waals surface area (Å²) in [5.74, 6) is 0.203. The number of carbonyl (C=O) groups is 1. The highest BCUT2D eigenvalue weighted by molar-refractivity contribution is 6.02. The van der Waals surface area contributed by atoms with Gasteiger partial charge >= 0.3 is 6.01 Å². The topological polar surface area (TPSA) is 112 Å². The number of halogens is 3. The molecule has 48 heavy (non-hydrogen) atoms. The van der Waals surface area contributed by atoms with Gasteiger partial charge in [-0.2, -0.15) is 9.97 Å². The molecule has 0 radical (unpaired) electrons. The smallest absolute Gasteiger partial charge is 0.317 e. The molecule has 0 aliphatic carbocycles. The van der Waals surface area contributed by atoms with Crippen LogP contribution in [-0.2, 0) is 4.79 Å². The maximum atomic E-state index is 16.9. The molecule has 12 heteroatoms. The number of amides is 1. The lowest BCUT2D eigenvalue weighted by Crippen LogP contribution is -2.47. The first kappa shape index (κ1) is 30.8. The van der Waals surface area contributed by atoms with Gasteiger partial charge in [0.1, 0.15) is 42.2 Å². The summed E-state index contributed by atoms with van der Waals surface area (Å²) in [6.45, 7) is 0.721. The standard InChI is InChI=1S/C36H34F3N5O4/c1-2-25-28(38)7-4-19-12-24(46)13-26(30(19)25)33-31(39)34-27(15-40-33)32(20-10-22-5-6-23(11-20)44(22)29(47)17-45)41-35(42-34)48-18-36-8-3-9-43(36)16-21(37)14-36/h1,4,7,12-13,15,20-23,45-46H,3,5-6,8-11,14,16-18H2/t20?,21-,22?,23?,36+/m1/s1. The van der Waals surface area contributed by atoms with Crippen molar-refractivity contribution in [2.75, 3.05) is 26.3 Å². The number of ether oxygens (including phenoxy) is 1. The van der Waals surface area contributed by atoms with E-state index in [-0.39, 0.29) is 70.0 Å². The van der Waals surface area contributed by atoms with Gasteiger partial charge in [-0.25, -0.2) is 13.2 Å². The Hall–Kier alpha value is -4.47. The van der Waals surface area contributed by atoms with Gasteiger partial charge in [-0.05, 0) is 68.7 Å². The predicted octanol–water partition coefficient (Wildman–Crippen LogP) is 4.99. The Morgan fingerprint density at radius 2 is 1.96 bits per heavy atom. The molecule has 2 unspecified atom stereocenters. The Bertz CT molecular complexity index is 2010. The summed E-state index contributed by atoms with van der Waals surface area (Å²) in [6.07, 6.45) is 10.9. The van der Waals surface area contributed by atoms with Crippen LogP contribution in [0.4, 0.5) is 13.2 Å².